The first kappa shape index (κ1) is 17.8. The maximum Gasteiger partial charge on any atom is 0.336 e. The van der Waals surface area contributed by atoms with E-state index in [2.05, 4.69) is 18.7 Å². The van der Waals surface area contributed by atoms with Gasteiger partial charge in [-0.15, -0.1) is 0 Å². The van der Waals surface area contributed by atoms with Crippen molar-refractivity contribution in [2.75, 3.05) is 18.0 Å². The highest BCUT2D eigenvalue weighted by molar-refractivity contribution is 6.20. The Hall–Kier alpha value is -2.55. The Balaban J connectivity index is 2.37. The van der Waals surface area contributed by atoms with Crippen LogP contribution >= 0.6 is 0 Å². The lowest BCUT2D eigenvalue weighted by Gasteiger charge is -2.20. The van der Waals surface area contributed by atoms with E-state index in [0.29, 0.717) is 5.57 Å². The van der Waals surface area contributed by atoms with Crippen molar-refractivity contribution in [3.8, 4) is 0 Å². The highest BCUT2D eigenvalue weighted by Gasteiger charge is 2.11. The van der Waals surface area contributed by atoms with Crippen molar-refractivity contribution in [3.63, 3.8) is 0 Å². The van der Waals surface area contributed by atoms with E-state index in [9.17, 15) is 9.90 Å². The average molecular weight is 323 g/mol. The molecule has 0 unspecified atom stereocenters. The van der Waals surface area contributed by atoms with Crippen LogP contribution in [-0.4, -0.2) is 24.2 Å². The lowest BCUT2D eigenvalue weighted by atomic mass is 9.98. The third-order valence-corrected chi connectivity index (χ3v) is 4.38. The van der Waals surface area contributed by atoms with Gasteiger partial charge in [0, 0.05) is 18.8 Å². The summed E-state index contributed by atoms with van der Waals surface area (Å²) < 4.78 is 0. The van der Waals surface area contributed by atoms with E-state index in [1.165, 1.54) is 0 Å². The van der Waals surface area contributed by atoms with E-state index in [1.807, 2.05) is 56.3 Å². The van der Waals surface area contributed by atoms with Crippen LogP contribution in [0.3, 0.4) is 0 Å². The number of nitrogens with zero attached hydrogens (tertiary/aromatic N) is 1. The molecule has 0 fully saturated rings. The SMILES string of the molecule is CCN(CC)c1ccc(/C=C(\C(=O)O)c2ccc(C)c(C)c2)cc1. The predicted molar refractivity (Wildman–Crippen MR) is 101 cm³/mol. The molecular formula is C21H25NO2. The van der Waals surface area contributed by atoms with Crippen LogP contribution in [0.5, 0.6) is 0 Å². The Morgan fingerprint density at radius 3 is 2.12 bits per heavy atom. The summed E-state index contributed by atoms with van der Waals surface area (Å²) >= 11 is 0. The fourth-order valence-electron chi connectivity index (χ4n) is 2.71. The highest BCUT2D eigenvalue weighted by Crippen LogP contribution is 2.23. The van der Waals surface area contributed by atoms with Crippen molar-refractivity contribution in [2.45, 2.75) is 27.7 Å². The number of carboxylic acids is 1. The molecule has 0 heterocycles. The van der Waals surface area contributed by atoms with Crippen LogP contribution in [0.4, 0.5) is 5.69 Å². The van der Waals surface area contributed by atoms with Gasteiger partial charge in [-0.1, -0.05) is 30.3 Å². The van der Waals surface area contributed by atoms with Crippen LogP contribution < -0.4 is 4.90 Å². The molecule has 3 heteroatoms. The van der Waals surface area contributed by atoms with Gasteiger partial charge in [0.1, 0.15) is 0 Å². The molecule has 0 atom stereocenters. The minimum Gasteiger partial charge on any atom is -0.478 e. The molecule has 0 aliphatic rings. The summed E-state index contributed by atoms with van der Waals surface area (Å²) in [6.07, 6.45) is 1.73. The normalized spacial score (nSPS) is 11.4. The molecule has 0 aliphatic carbocycles. The lowest BCUT2D eigenvalue weighted by Crippen LogP contribution is -2.21. The van der Waals surface area contributed by atoms with E-state index in [-0.39, 0.29) is 0 Å². The Morgan fingerprint density at radius 2 is 1.62 bits per heavy atom. The summed E-state index contributed by atoms with van der Waals surface area (Å²) in [6.45, 7) is 10.2. The predicted octanol–water partition coefficient (Wildman–Crippen LogP) is 4.77. The number of carbonyl (C=O) groups is 1. The zero-order chi connectivity index (χ0) is 17.7. The molecule has 1 N–H and O–H groups in total. The highest BCUT2D eigenvalue weighted by atomic mass is 16.4. The quantitative estimate of drug-likeness (QED) is 0.614. The number of rotatable bonds is 6. The van der Waals surface area contributed by atoms with Crippen molar-refractivity contribution >= 4 is 23.3 Å². The molecule has 0 bridgehead atoms. The van der Waals surface area contributed by atoms with Gasteiger partial charge in [-0.3, -0.25) is 0 Å². The number of aliphatic carboxylic acids is 1. The molecule has 0 aromatic heterocycles. The molecule has 2 aromatic rings. The van der Waals surface area contributed by atoms with E-state index >= 15 is 0 Å². The van der Waals surface area contributed by atoms with Crippen molar-refractivity contribution in [2.24, 2.45) is 0 Å². The summed E-state index contributed by atoms with van der Waals surface area (Å²) in [5.74, 6) is -0.911. The molecule has 0 radical (unpaired) electrons. The van der Waals surface area contributed by atoms with Gasteiger partial charge in [0.2, 0.25) is 0 Å². The van der Waals surface area contributed by atoms with Crippen molar-refractivity contribution in [3.05, 3.63) is 64.7 Å². The zero-order valence-corrected chi connectivity index (χ0v) is 14.8. The molecule has 0 amide bonds. The van der Waals surface area contributed by atoms with Gasteiger partial charge in [-0.05, 0) is 68.2 Å². The van der Waals surface area contributed by atoms with Gasteiger partial charge in [0.25, 0.3) is 0 Å². The van der Waals surface area contributed by atoms with E-state index in [1.54, 1.807) is 6.08 Å². The maximum atomic E-state index is 11.7. The van der Waals surface area contributed by atoms with Crippen molar-refractivity contribution < 1.29 is 9.90 Å². The van der Waals surface area contributed by atoms with E-state index < -0.39 is 5.97 Å². The zero-order valence-electron chi connectivity index (χ0n) is 14.8. The Morgan fingerprint density at radius 1 is 1.00 bits per heavy atom. The van der Waals surface area contributed by atoms with Gasteiger partial charge >= 0.3 is 5.97 Å². The Kier molecular flexibility index (Phi) is 5.80. The summed E-state index contributed by atoms with van der Waals surface area (Å²) in [7, 11) is 0. The van der Waals surface area contributed by atoms with Gasteiger partial charge in [-0.25, -0.2) is 4.79 Å². The molecule has 0 spiro atoms. The molecule has 126 valence electrons. The van der Waals surface area contributed by atoms with E-state index in [0.717, 1.165) is 41.0 Å². The van der Waals surface area contributed by atoms with E-state index in [4.69, 9.17) is 0 Å². The number of carboxylic acid groups (broad SMARTS) is 1. The molecule has 2 rings (SSSR count). The third kappa shape index (κ3) is 4.05. The first-order valence-electron chi connectivity index (χ1n) is 8.33. The fraction of sp³-hybridized carbons (Fsp3) is 0.286. The average Bonchev–Trinajstić information content (AvgIpc) is 2.57. The summed E-state index contributed by atoms with van der Waals surface area (Å²) in [5.41, 5.74) is 5.34. The molecule has 0 saturated heterocycles. The standard InChI is InChI=1S/C21H25NO2/c1-5-22(6-2)19-11-8-17(9-12-19)14-20(21(23)24)18-10-7-15(3)16(4)13-18/h7-14H,5-6H2,1-4H3,(H,23,24)/b20-14-. The Bertz CT molecular complexity index is 741. The van der Waals surface area contributed by atoms with Crippen LogP contribution in [0.1, 0.15) is 36.1 Å². The molecule has 3 nitrogen and oxygen atoms in total. The molecule has 0 aliphatic heterocycles. The first-order chi connectivity index (χ1) is 11.5. The Labute approximate surface area is 144 Å². The second-order valence-electron chi connectivity index (χ2n) is 5.93. The number of benzene rings is 2. The van der Waals surface area contributed by atoms with Gasteiger partial charge in [0.05, 0.1) is 5.57 Å². The largest absolute Gasteiger partial charge is 0.478 e. The summed E-state index contributed by atoms with van der Waals surface area (Å²) in [5, 5.41) is 9.59. The van der Waals surface area contributed by atoms with Crippen LogP contribution in [0.25, 0.3) is 11.6 Å². The van der Waals surface area contributed by atoms with Gasteiger partial charge in [0.15, 0.2) is 0 Å². The number of aryl methyl sites for hydroxylation is 2. The fourth-order valence-corrected chi connectivity index (χ4v) is 2.71. The van der Waals surface area contributed by atoms with Gasteiger partial charge < -0.3 is 10.0 Å². The van der Waals surface area contributed by atoms with Crippen LogP contribution in [0, 0.1) is 13.8 Å². The monoisotopic (exact) mass is 323 g/mol. The molecule has 0 saturated carbocycles. The summed E-state index contributed by atoms with van der Waals surface area (Å²) in [4.78, 5) is 14.0. The van der Waals surface area contributed by atoms with Crippen LogP contribution in [-0.2, 0) is 4.79 Å². The molecular weight excluding hydrogens is 298 g/mol. The van der Waals surface area contributed by atoms with Crippen molar-refractivity contribution in [1.82, 2.24) is 0 Å². The maximum absolute atomic E-state index is 11.7. The minimum absolute atomic E-state index is 0.314. The first-order valence-corrected chi connectivity index (χ1v) is 8.33. The lowest BCUT2D eigenvalue weighted by molar-refractivity contribution is -0.130. The van der Waals surface area contributed by atoms with Crippen LogP contribution in [0.15, 0.2) is 42.5 Å². The summed E-state index contributed by atoms with van der Waals surface area (Å²) in [6, 6.07) is 13.8. The topological polar surface area (TPSA) is 40.5 Å². The number of hydrogen-bond acceptors (Lipinski definition) is 2. The van der Waals surface area contributed by atoms with Crippen molar-refractivity contribution in [1.29, 1.82) is 0 Å². The number of hydrogen-bond donors (Lipinski definition) is 1. The van der Waals surface area contributed by atoms with Crippen LogP contribution in [0.2, 0.25) is 0 Å². The minimum atomic E-state index is -0.911. The molecule has 2 aromatic carbocycles. The second kappa shape index (κ2) is 7.82. The second-order valence-corrected chi connectivity index (χ2v) is 5.93. The number of anilines is 1. The third-order valence-electron chi connectivity index (χ3n) is 4.38. The van der Waals surface area contributed by atoms with Gasteiger partial charge in [-0.2, -0.15) is 0 Å². The smallest absolute Gasteiger partial charge is 0.336 e. The molecule has 24 heavy (non-hydrogen) atoms.